The zero-order valence-corrected chi connectivity index (χ0v) is 22.5. The third-order valence-corrected chi connectivity index (χ3v) is 7.71. The van der Waals surface area contributed by atoms with Crippen LogP contribution in [-0.4, -0.2) is 17.2 Å². The van der Waals surface area contributed by atoms with Crippen LogP contribution in [0.25, 0.3) is 0 Å². The monoisotopic (exact) mass is 493 g/mol. The molecule has 0 unspecified atom stereocenters. The zero-order valence-electron chi connectivity index (χ0n) is 21.0. The van der Waals surface area contributed by atoms with Gasteiger partial charge < -0.3 is 15.2 Å². The van der Waals surface area contributed by atoms with Crippen LogP contribution in [0.1, 0.15) is 94.8 Å². The van der Waals surface area contributed by atoms with Crippen molar-refractivity contribution < 1.29 is 14.6 Å². The summed E-state index contributed by atoms with van der Waals surface area (Å²) in [7, 11) is 0. The number of phenols is 1. The quantitative estimate of drug-likeness (QED) is 0.348. The zero-order chi connectivity index (χ0) is 25.1. The molecule has 0 saturated heterocycles. The number of benzene rings is 2. The number of hydrogen-bond donors (Lipinski definition) is 2. The highest BCUT2D eigenvalue weighted by Crippen LogP contribution is 2.39. The van der Waals surface area contributed by atoms with E-state index < -0.39 is 12.1 Å². The van der Waals surface area contributed by atoms with Crippen LogP contribution < -0.4 is 10.1 Å². The minimum Gasteiger partial charge on any atom is -0.506 e. The van der Waals surface area contributed by atoms with E-state index in [-0.39, 0.29) is 27.2 Å². The van der Waals surface area contributed by atoms with E-state index in [4.69, 9.17) is 27.9 Å². The summed E-state index contributed by atoms with van der Waals surface area (Å²) in [5.74, 6) is -0.0399. The Hall–Kier alpha value is -1.91. The number of rotatable bonds is 9. The van der Waals surface area contributed by atoms with Crippen molar-refractivity contribution in [3.8, 4) is 11.5 Å². The second-order valence-electron chi connectivity index (χ2n) is 9.87. The van der Waals surface area contributed by atoms with Gasteiger partial charge in [-0.1, -0.05) is 83.8 Å². The molecule has 0 saturated carbocycles. The van der Waals surface area contributed by atoms with Crippen molar-refractivity contribution in [3.63, 3.8) is 0 Å². The van der Waals surface area contributed by atoms with Crippen LogP contribution in [-0.2, 0) is 10.8 Å². The number of phenolic OH excluding ortho intramolecular Hbond substituents is 1. The van der Waals surface area contributed by atoms with Gasteiger partial charge in [0.2, 0.25) is 0 Å². The van der Waals surface area contributed by atoms with Gasteiger partial charge in [-0.3, -0.25) is 4.79 Å². The smallest absolute Gasteiger partial charge is 0.257 e. The third kappa shape index (κ3) is 5.96. The van der Waals surface area contributed by atoms with E-state index in [1.807, 2.05) is 13.0 Å². The van der Waals surface area contributed by atoms with Crippen LogP contribution >= 0.6 is 23.2 Å². The first-order valence-electron chi connectivity index (χ1n) is 11.6. The topological polar surface area (TPSA) is 58.6 Å². The molecule has 0 aliphatic rings. The molecular formula is C27H37Cl2NO3. The minimum atomic E-state index is -0.591. The number of carbonyl (C=O) groups excluding carboxylic acids is 1. The summed E-state index contributed by atoms with van der Waals surface area (Å²) >= 11 is 12.3. The minimum absolute atomic E-state index is 0.0202. The summed E-state index contributed by atoms with van der Waals surface area (Å²) in [5, 5.41) is 13.6. The molecule has 1 amide bonds. The van der Waals surface area contributed by atoms with Gasteiger partial charge in [-0.05, 0) is 53.9 Å². The molecule has 0 heterocycles. The van der Waals surface area contributed by atoms with Crippen LogP contribution in [0.4, 0.5) is 0 Å². The van der Waals surface area contributed by atoms with Crippen LogP contribution in [0.3, 0.4) is 0 Å². The average Bonchev–Trinajstić information content (AvgIpc) is 2.79. The molecule has 0 aromatic heterocycles. The molecule has 1 atom stereocenters. The molecule has 2 rings (SSSR count). The van der Waals surface area contributed by atoms with Gasteiger partial charge in [0.15, 0.2) is 6.23 Å². The van der Waals surface area contributed by atoms with E-state index in [0.717, 1.165) is 24.2 Å². The van der Waals surface area contributed by atoms with Gasteiger partial charge in [0.1, 0.15) is 11.5 Å². The number of ether oxygens (including phenoxy) is 1. The van der Waals surface area contributed by atoms with E-state index >= 15 is 0 Å². The maximum absolute atomic E-state index is 12.9. The molecule has 0 spiro atoms. The lowest BCUT2D eigenvalue weighted by Gasteiger charge is -2.31. The fraction of sp³-hybridized carbons (Fsp3) is 0.519. The van der Waals surface area contributed by atoms with E-state index in [2.05, 4.69) is 59.0 Å². The van der Waals surface area contributed by atoms with E-state index in [1.54, 1.807) is 6.92 Å². The predicted molar refractivity (Wildman–Crippen MR) is 138 cm³/mol. The van der Waals surface area contributed by atoms with Crippen molar-refractivity contribution in [2.75, 3.05) is 0 Å². The SMILES string of the molecule is CC[C@@H](NC(=O)c1cc(Cl)c(C)c(Cl)c1O)Oc1ccc(C(C)(C)CC)cc1C(C)(C)CC. The molecule has 0 radical (unpaired) electrons. The van der Waals surface area contributed by atoms with E-state index in [1.165, 1.54) is 11.6 Å². The fourth-order valence-electron chi connectivity index (χ4n) is 3.45. The van der Waals surface area contributed by atoms with Crippen LogP contribution in [0.2, 0.25) is 10.0 Å². The molecular weight excluding hydrogens is 457 g/mol. The van der Waals surface area contributed by atoms with Gasteiger partial charge in [0.05, 0.1) is 10.6 Å². The van der Waals surface area contributed by atoms with Gasteiger partial charge in [-0.2, -0.15) is 0 Å². The molecule has 0 fully saturated rings. The normalized spacial score (nSPS) is 13.0. The Labute approximate surface area is 208 Å². The highest BCUT2D eigenvalue weighted by molar-refractivity contribution is 6.37. The molecule has 2 aromatic rings. The Morgan fingerprint density at radius 2 is 1.67 bits per heavy atom. The molecule has 182 valence electrons. The van der Waals surface area contributed by atoms with Crippen LogP contribution in [0, 0.1) is 6.92 Å². The molecule has 6 heteroatoms. The highest BCUT2D eigenvalue weighted by atomic mass is 35.5. The largest absolute Gasteiger partial charge is 0.506 e. The van der Waals surface area contributed by atoms with E-state index in [9.17, 15) is 9.90 Å². The Kier molecular flexibility index (Phi) is 8.75. The van der Waals surface area contributed by atoms with Crippen LogP contribution in [0.5, 0.6) is 11.5 Å². The van der Waals surface area contributed by atoms with Crippen molar-refractivity contribution in [2.24, 2.45) is 0 Å². The lowest BCUT2D eigenvalue weighted by Crippen LogP contribution is -2.39. The maximum atomic E-state index is 12.9. The third-order valence-electron chi connectivity index (χ3n) is 6.86. The standard InChI is InChI=1S/C27H37Cl2NO3/c1-9-22(30-25(32)18-15-20(28)16(4)23(29)24(18)31)33-21-13-12-17(26(5,6)10-2)14-19(21)27(7,8)11-3/h12-15,22,31H,9-11H2,1-8H3,(H,30,32)/t22-/m0/s1. The Balaban J connectivity index is 2.39. The van der Waals surface area contributed by atoms with Gasteiger partial charge in [0.25, 0.3) is 5.91 Å². The first-order valence-corrected chi connectivity index (χ1v) is 12.3. The number of carbonyl (C=O) groups is 1. The summed E-state index contributed by atoms with van der Waals surface area (Å²) in [6.45, 7) is 16.8. The second kappa shape index (κ2) is 10.6. The van der Waals surface area contributed by atoms with Crippen molar-refractivity contribution in [1.29, 1.82) is 0 Å². The van der Waals surface area contributed by atoms with Gasteiger partial charge in [-0.15, -0.1) is 0 Å². The fourth-order valence-corrected chi connectivity index (χ4v) is 3.90. The maximum Gasteiger partial charge on any atom is 0.257 e. The second-order valence-corrected chi connectivity index (χ2v) is 10.7. The predicted octanol–water partition coefficient (Wildman–Crippen LogP) is 7.93. The first kappa shape index (κ1) is 27.3. The number of nitrogens with one attached hydrogen (secondary N) is 1. The molecule has 0 aliphatic heterocycles. The number of hydrogen-bond acceptors (Lipinski definition) is 3. The Morgan fingerprint density at radius 3 is 2.21 bits per heavy atom. The summed E-state index contributed by atoms with van der Waals surface area (Å²) in [6.07, 6.45) is 1.91. The van der Waals surface area contributed by atoms with Gasteiger partial charge in [0, 0.05) is 17.0 Å². The van der Waals surface area contributed by atoms with Crippen LogP contribution in [0.15, 0.2) is 24.3 Å². The molecule has 4 nitrogen and oxygen atoms in total. The van der Waals surface area contributed by atoms with E-state index in [0.29, 0.717) is 17.0 Å². The molecule has 2 aromatic carbocycles. The molecule has 33 heavy (non-hydrogen) atoms. The van der Waals surface area contributed by atoms with Crippen molar-refractivity contribution in [2.45, 2.75) is 91.7 Å². The Morgan fingerprint density at radius 1 is 1.06 bits per heavy atom. The summed E-state index contributed by atoms with van der Waals surface area (Å²) in [4.78, 5) is 12.9. The lowest BCUT2D eigenvalue weighted by atomic mass is 9.76. The summed E-state index contributed by atoms with van der Waals surface area (Å²) in [6, 6.07) is 7.77. The Bertz CT molecular complexity index is 1010. The molecule has 0 bridgehead atoms. The number of aromatic hydroxyl groups is 1. The van der Waals surface area contributed by atoms with Crippen molar-refractivity contribution in [1.82, 2.24) is 5.32 Å². The van der Waals surface area contributed by atoms with Gasteiger partial charge in [-0.25, -0.2) is 0 Å². The molecule has 2 N–H and O–H groups in total. The number of amides is 1. The first-order chi connectivity index (χ1) is 15.3. The lowest BCUT2D eigenvalue weighted by molar-refractivity contribution is 0.0816. The van der Waals surface area contributed by atoms with Crippen molar-refractivity contribution >= 4 is 29.1 Å². The average molecular weight is 495 g/mol. The number of halogens is 2. The summed E-state index contributed by atoms with van der Waals surface area (Å²) in [5.41, 5.74) is 2.87. The van der Waals surface area contributed by atoms with Gasteiger partial charge >= 0.3 is 0 Å². The van der Waals surface area contributed by atoms with Crippen molar-refractivity contribution in [3.05, 3.63) is 56.6 Å². The highest BCUT2D eigenvalue weighted by Gasteiger charge is 2.28. The molecule has 0 aliphatic carbocycles. The summed E-state index contributed by atoms with van der Waals surface area (Å²) < 4.78 is 6.32.